The maximum atomic E-state index is 11.7. The fraction of sp³-hybridized carbons (Fsp3) is 0.500. The van der Waals surface area contributed by atoms with Crippen LogP contribution in [-0.4, -0.2) is 49.4 Å². The van der Waals surface area contributed by atoms with Crippen molar-refractivity contribution in [2.24, 2.45) is 0 Å². The van der Waals surface area contributed by atoms with Gasteiger partial charge in [0, 0.05) is 20.0 Å². The number of carboxylic acids is 1. The van der Waals surface area contributed by atoms with Crippen LogP contribution in [0.4, 0.5) is 5.82 Å². The molecule has 1 unspecified atom stereocenters. The molecule has 1 aromatic heterocycles. The highest BCUT2D eigenvalue weighted by molar-refractivity contribution is 5.83. The van der Waals surface area contributed by atoms with Crippen molar-refractivity contribution in [1.82, 2.24) is 14.5 Å². The number of aryl methyl sites for hydroxylation is 1. The summed E-state index contributed by atoms with van der Waals surface area (Å²) in [4.78, 5) is 36.9. The lowest BCUT2D eigenvalue weighted by Crippen LogP contribution is -2.40. The van der Waals surface area contributed by atoms with Gasteiger partial charge in [0.2, 0.25) is 12.2 Å². The number of nitro groups is 1. The molecule has 1 atom stereocenters. The Morgan fingerprint density at radius 3 is 2.74 bits per heavy atom. The van der Waals surface area contributed by atoms with Gasteiger partial charge in [0.1, 0.15) is 12.2 Å². The SMILES string of the molecule is CC(C(=O)O)N(C)C(=O)CCn1cnc([N+](=O)[O-])c1. The minimum Gasteiger partial charge on any atom is -0.480 e. The molecule has 1 N–H and O–H groups in total. The summed E-state index contributed by atoms with van der Waals surface area (Å²) in [6.07, 6.45) is 2.52. The number of aromatic nitrogens is 2. The molecule has 9 heteroatoms. The molecule has 0 fully saturated rings. The van der Waals surface area contributed by atoms with Crippen molar-refractivity contribution in [2.75, 3.05) is 7.05 Å². The molecule has 1 rings (SSSR count). The van der Waals surface area contributed by atoms with Crippen LogP contribution in [0.2, 0.25) is 0 Å². The highest BCUT2D eigenvalue weighted by atomic mass is 16.6. The van der Waals surface area contributed by atoms with E-state index >= 15 is 0 Å². The minimum atomic E-state index is -1.09. The molecule has 1 heterocycles. The van der Waals surface area contributed by atoms with Gasteiger partial charge < -0.3 is 24.7 Å². The van der Waals surface area contributed by atoms with Gasteiger partial charge in [-0.25, -0.2) is 4.79 Å². The minimum absolute atomic E-state index is 0.0433. The number of likely N-dealkylation sites (N-methyl/N-ethyl adjacent to an activating group) is 1. The van der Waals surface area contributed by atoms with Crippen LogP contribution in [0.1, 0.15) is 13.3 Å². The van der Waals surface area contributed by atoms with E-state index in [9.17, 15) is 19.7 Å². The van der Waals surface area contributed by atoms with Gasteiger partial charge in [0.15, 0.2) is 0 Å². The van der Waals surface area contributed by atoms with E-state index in [0.717, 1.165) is 4.90 Å². The molecule has 19 heavy (non-hydrogen) atoms. The van der Waals surface area contributed by atoms with Crippen LogP contribution in [0.25, 0.3) is 0 Å². The Labute approximate surface area is 108 Å². The van der Waals surface area contributed by atoms with Gasteiger partial charge in [-0.3, -0.25) is 4.79 Å². The predicted octanol–water partition coefficient (Wildman–Crippen LogP) is 0.113. The smallest absolute Gasteiger partial charge is 0.381 e. The first-order valence-electron chi connectivity index (χ1n) is 5.47. The molecular formula is C10H14N4O5. The van der Waals surface area contributed by atoms with Crippen molar-refractivity contribution in [3.05, 3.63) is 22.6 Å². The van der Waals surface area contributed by atoms with Gasteiger partial charge in [-0.2, -0.15) is 0 Å². The molecule has 9 nitrogen and oxygen atoms in total. The van der Waals surface area contributed by atoms with Crippen molar-refractivity contribution < 1.29 is 19.6 Å². The van der Waals surface area contributed by atoms with Crippen LogP contribution in [0.15, 0.2) is 12.5 Å². The predicted molar refractivity (Wildman–Crippen MR) is 63.4 cm³/mol. The average Bonchev–Trinajstić information content (AvgIpc) is 2.82. The molecule has 1 amide bonds. The summed E-state index contributed by atoms with van der Waals surface area (Å²) in [5.74, 6) is -1.74. The summed E-state index contributed by atoms with van der Waals surface area (Å²) >= 11 is 0. The average molecular weight is 270 g/mol. The fourth-order valence-corrected chi connectivity index (χ4v) is 1.35. The van der Waals surface area contributed by atoms with E-state index in [1.54, 1.807) is 0 Å². The van der Waals surface area contributed by atoms with Crippen molar-refractivity contribution in [1.29, 1.82) is 0 Å². The molecule has 1 aromatic rings. The third kappa shape index (κ3) is 3.76. The van der Waals surface area contributed by atoms with E-state index in [2.05, 4.69) is 4.98 Å². The number of imidazole rings is 1. The van der Waals surface area contributed by atoms with Crippen molar-refractivity contribution in [2.45, 2.75) is 25.9 Å². The second kappa shape index (κ2) is 5.94. The van der Waals surface area contributed by atoms with Gasteiger partial charge in [-0.15, -0.1) is 0 Å². The number of carboxylic acid groups (broad SMARTS) is 1. The molecule has 0 saturated heterocycles. The second-order valence-electron chi connectivity index (χ2n) is 4.00. The summed E-state index contributed by atoms with van der Waals surface area (Å²) in [5.41, 5.74) is 0. The molecule has 0 aliphatic rings. The number of nitrogens with zero attached hydrogens (tertiary/aromatic N) is 4. The van der Waals surface area contributed by atoms with E-state index in [-0.39, 0.29) is 24.7 Å². The number of rotatable bonds is 6. The molecule has 0 aliphatic carbocycles. The van der Waals surface area contributed by atoms with E-state index in [0.29, 0.717) is 0 Å². The third-order valence-electron chi connectivity index (χ3n) is 2.72. The van der Waals surface area contributed by atoms with Gasteiger partial charge >= 0.3 is 11.8 Å². The van der Waals surface area contributed by atoms with Gasteiger partial charge in [-0.1, -0.05) is 0 Å². The number of amides is 1. The molecule has 0 aromatic carbocycles. The lowest BCUT2D eigenvalue weighted by atomic mass is 10.2. The van der Waals surface area contributed by atoms with Crippen LogP contribution in [0.3, 0.4) is 0 Å². The van der Waals surface area contributed by atoms with Crippen LogP contribution in [0, 0.1) is 10.1 Å². The quantitative estimate of drug-likeness (QED) is 0.579. The Balaban J connectivity index is 2.54. The van der Waals surface area contributed by atoms with Gasteiger partial charge in [-0.05, 0) is 16.8 Å². The number of carbonyl (C=O) groups is 2. The topological polar surface area (TPSA) is 119 Å². The molecule has 0 saturated carbocycles. The molecule has 0 bridgehead atoms. The lowest BCUT2D eigenvalue weighted by Gasteiger charge is -2.21. The summed E-state index contributed by atoms with van der Waals surface area (Å²) in [5, 5.41) is 19.2. The highest BCUT2D eigenvalue weighted by Crippen LogP contribution is 2.07. The Morgan fingerprint density at radius 2 is 2.26 bits per heavy atom. The van der Waals surface area contributed by atoms with Crippen molar-refractivity contribution >= 4 is 17.7 Å². The third-order valence-corrected chi connectivity index (χ3v) is 2.72. The molecular weight excluding hydrogens is 256 g/mol. The molecule has 0 radical (unpaired) electrons. The zero-order valence-electron chi connectivity index (χ0n) is 10.5. The molecule has 104 valence electrons. The zero-order chi connectivity index (χ0) is 14.6. The summed E-state index contributed by atoms with van der Waals surface area (Å²) in [6, 6.07) is -0.912. The fourth-order valence-electron chi connectivity index (χ4n) is 1.35. The first-order valence-corrected chi connectivity index (χ1v) is 5.47. The molecule has 0 spiro atoms. The van der Waals surface area contributed by atoms with Crippen LogP contribution in [0.5, 0.6) is 0 Å². The molecule has 0 aliphatic heterocycles. The van der Waals surface area contributed by atoms with Crippen molar-refractivity contribution in [3.8, 4) is 0 Å². The summed E-state index contributed by atoms with van der Waals surface area (Å²) in [6.45, 7) is 1.61. The first kappa shape index (κ1) is 14.6. The maximum Gasteiger partial charge on any atom is 0.381 e. The van der Waals surface area contributed by atoms with E-state index in [4.69, 9.17) is 5.11 Å². The standard InChI is InChI=1S/C10H14N4O5/c1-7(10(16)17)12(2)9(15)3-4-13-5-8(11-6-13)14(18)19/h5-7H,3-4H2,1-2H3,(H,16,17). The van der Waals surface area contributed by atoms with Gasteiger partial charge in [0.05, 0.1) is 0 Å². The maximum absolute atomic E-state index is 11.7. The second-order valence-corrected chi connectivity index (χ2v) is 4.00. The van der Waals surface area contributed by atoms with Crippen LogP contribution < -0.4 is 0 Å². The Bertz CT molecular complexity index is 498. The van der Waals surface area contributed by atoms with Gasteiger partial charge in [0.25, 0.3) is 0 Å². The number of aliphatic carboxylic acids is 1. The normalized spacial score (nSPS) is 11.9. The summed E-state index contributed by atoms with van der Waals surface area (Å²) < 4.78 is 1.41. The Kier molecular flexibility index (Phi) is 4.56. The summed E-state index contributed by atoms with van der Waals surface area (Å²) in [7, 11) is 1.40. The largest absolute Gasteiger partial charge is 0.480 e. The number of carbonyl (C=O) groups excluding carboxylic acids is 1. The van der Waals surface area contributed by atoms with E-state index in [1.807, 2.05) is 0 Å². The lowest BCUT2D eigenvalue weighted by molar-refractivity contribution is -0.389. The highest BCUT2D eigenvalue weighted by Gasteiger charge is 2.21. The van der Waals surface area contributed by atoms with Crippen molar-refractivity contribution in [3.63, 3.8) is 0 Å². The van der Waals surface area contributed by atoms with Crippen LogP contribution >= 0.6 is 0 Å². The first-order chi connectivity index (χ1) is 8.82. The zero-order valence-corrected chi connectivity index (χ0v) is 10.5. The van der Waals surface area contributed by atoms with Crippen LogP contribution in [-0.2, 0) is 16.1 Å². The number of hydrogen-bond acceptors (Lipinski definition) is 5. The van der Waals surface area contributed by atoms with E-state index in [1.165, 1.54) is 31.1 Å². The van der Waals surface area contributed by atoms with E-state index < -0.39 is 16.9 Å². The Hall–Kier alpha value is -2.45. The number of hydrogen-bond donors (Lipinski definition) is 1. The monoisotopic (exact) mass is 270 g/mol. The Morgan fingerprint density at radius 1 is 1.63 bits per heavy atom.